The number of carbonyl (C=O) groups excluding carboxylic acids is 1. The van der Waals surface area contributed by atoms with Gasteiger partial charge in [-0.15, -0.1) is 0 Å². The molecule has 128 valence electrons. The van der Waals surface area contributed by atoms with E-state index in [1.165, 1.54) is 48.6 Å². The molecule has 0 saturated heterocycles. The smallest absolute Gasteiger partial charge is 0.330 e. The number of hydrogen-bond donors (Lipinski definition) is 0. The van der Waals surface area contributed by atoms with Crippen LogP contribution < -0.4 is 0 Å². The molecular weight excluding hydrogens is 298 g/mol. The number of ether oxygens (including phenoxy) is 1. The highest BCUT2D eigenvalue weighted by Gasteiger charge is 2.16. The highest BCUT2D eigenvalue weighted by molar-refractivity contribution is 5.89. The van der Waals surface area contributed by atoms with E-state index in [1.807, 2.05) is 13.0 Å². The molecule has 1 fully saturated rings. The van der Waals surface area contributed by atoms with E-state index in [4.69, 9.17) is 4.74 Å². The van der Waals surface area contributed by atoms with Crippen LogP contribution in [0.5, 0.6) is 0 Å². The molecule has 0 unspecified atom stereocenters. The third kappa shape index (κ3) is 3.89. The lowest BCUT2D eigenvalue weighted by atomic mass is 9.89. The number of nitrogens with zero attached hydrogens (tertiary/aromatic N) is 1. The van der Waals surface area contributed by atoms with Crippen molar-refractivity contribution in [2.24, 2.45) is 5.92 Å². The van der Waals surface area contributed by atoms with Crippen molar-refractivity contribution in [1.29, 1.82) is 0 Å². The first kappa shape index (κ1) is 16.8. The molecule has 1 heterocycles. The van der Waals surface area contributed by atoms with Gasteiger partial charge in [0.1, 0.15) is 0 Å². The van der Waals surface area contributed by atoms with Gasteiger partial charge in [0.2, 0.25) is 0 Å². The third-order valence-electron chi connectivity index (χ3n) is 4.93. The van der Waals surface area contributed by atoms with Crippen LogP contribution in [0.3, 0.4) is 0 Å². The van der Waals surface area contributed by atoms with Gasteiger partial charge in [-0.2, -0.15) is 0 Å². The molecule has 1 aliphatic rings. The second kappa shape index (κ2) is 7.69. The first-order valence-corrected chi connectivity index (χ1v) is 9.12. The van der Waals surface area contributed by atoms with Gasteiger partial charge in [-0.1, -0.05) is 30.9 Å². The molecule has 3 nitrogen and oxygen atoms in total. The molecule has 3 heteroatoms. The summed E-state index contributed by atoms with van der Waals surface area (Å²) in [5, 5.41) is 1.24. The summed E-state index contributed by atoms with van der Waals surface area (Å²) >= 11 is 0. The highest BCUT2D eigenvalue weighted by atomic mass is 16.5. The largest absolute Gasteiger partial charge is 0.463 e. The lowest BCUT2D eigenvalue weighted by Crippen LogP contribution is -2.15. The topological polar surface area (TPSA) is 31.2 Å². The lowest BCUT2D eigenvalue weighted by Gasteiger charge is -2.23. The molecule has 0 aliphatic heterocycles. The number of aryl methyl sites for hydroxylation is 1. The number of carbonyl (C=O) groups is 1. The van der Waals surface area contributed by atoms with Crippen molar-refractivity contribution in [3.8, 4) is 0 Å². The molecule has 24 heavy (non-hydrogen) atoms. The van der Waals surface area contributed by atoms with Gasteiger partial charge >= 0.3 is 5.97 Å². The number of benzene rings is 1. The summed E-state index contributed by atoms with van der Waals surface area (Å²) in [5.41, 5.74) is 3.61. The number of aromatic nitrogens is 1. The fourth-order valence-electron chi connectivity index (χ4n) is 3.73. The van der Waals surface area contributed by atoms with E-state index in [1.54, 1.807) is 6.08 Å². The standard InChI is InChI=1S/C21H27NO2/c1-3-24-21(23)12-10-19-14-18-13-16(2)9-11-20(18)22(19)15-17-7-5-4-6-8-17/h9-14,17H,3-8,15H2,1-2H3/b12-10+. The summed E-state index contributed by atoms with van der Waals surface area (Å²) in [6.45, 7) is 5.39. The highest BCUT2D eigenvalue weighted by Crippen LogP contribution is 2.29. The molecule has 0 N–H and O–H groups in total. The van der Waals surface area contributed by atoms with Crippen LogP contribution in [0.15, 0.2) is 30.3 Å². The average molecular weight is 325 g/mol. The van der Waals surface area contributed by atoms with E-state index >= 15 is 0 Å². The van der Waals surface area contributed by atoms with E-state index in [0.29, 0.717) is 6.61 Å². The number of hydrogen-bond acceptors (Lipinski definition) is 2. The summed E-state index contributed by atoms with van der Waals surface area (Å²) in [6.07, 6.45) is 10.1. The van der Waals surface area contributed by atoms with E-state index in [0.717, 1.165) is 18.2 Å². The molecule has 1 aliphatic carbocycles. The number of fused-ring (bicyclic) bond motifs is 1. The quantitative estimate of drug-likeness (QED) is 0.565. The molecule has 0 spiro atoms. The minimum absolute atomic E-state index is 0.275. The fourth-order valence-corrected chi connectivity index (χ4v) is 3.73. The number of rotatable bonds is 5. The second-order valence-corrected chi connectivity index (χ2v) is 6.83. The van der Waals surface area contributed by atoms with Crippen LogP contribution in [-0.2, 0) is 16.1 Å². The summed E-state index contributed by atoms with van der Waals surface area (Å²) < 4.78 is 7.39. The number of esters is 1. The molecule has 1 aromatic heterocycles. The summed E-state index contributed by atoms with van der Waals surface area (Å²) in [5.74, 6) is 0.466. The normalized spacial score (nSPS) is 16.1. The van der Waals surface area contributed by atoms with Crippen LogP contribution in [0.2, 0.25) is 0 Å². The molecule has 3 rings (SSSR count). The maximum Gasteiger partial charge on any atom is 0.330 e. The summed E-state index contributed by atoms with van der Waals surface area (Å²) in [6, 6.07) is 8.77. The predicted octanol–water partition coefficient (Wildman–Crippen LogP) is 5.11. The molecule has 1 saturated carbocycles. The second-order valence-electron chi connectivity index (χ2n) is 6.83. The predicted molar refractivity (Wildman–Crippen MR) is 98.9 cm³/mol. The van der Waals surface area contributed by atoms with Gasteiger partial charge in [0.05, 0.1) is 6.61 Å². The molecule has 0 amide bonds. The van der Waals surface area contributed by atoms with Crippen LogP contribution in [0.4, 0.5) is 0 Å². The van der Waals surface area contributed by atoms with Crippen molar-refractivity contribution in [3.63, 3.8) is 0 Å². The Morgan fingerprint density at radius 3 is 2.79 bits per heavy atom. The van der Waals surface area contributed by atoms with Crippen LogP contribution in [0.1, 0.15) is 50.3 Å². The Morgan fingerprint density at radius 1 is 1.25 bits per heavy atom. The van der Waals surface area contributed by atoms with E-state index < -0.39 is 0 Å². The van der Waals surface area contributed by atoms with Crippen molar-refractivity contribution in [3.05, 3.63) is 41.6 Å². The zero-order chi connectivity index (χ0) is 16.9. The van der Waals surface area contributed by atoms with Crippen LogP contribution in [-0.4, -0.2) is 17.1 Å². The van der Waals surface area contributed by atoms with Gasteiger partial charge in [0, 0.05) is 29.2 Å². The lowest BCUT2D eigenvalue weighted by molar-refractivity contribution is -0.137. The van der Waals surface area contributed by atoms with Crippen molar-refractivity contribution in [2.75, 3.05) is 6.61 Å². The van der Waals surface area contributed by atoms with Gasteiger partial charge in [0.25, 0.3) is 0 Å². The van der Waals surface area contributed by atoms with Gasteiger partial charge in [-0.25, -0.2) is 4.79 Å². The molecule has 0 atom stereocenters. The van der Waals surface area contributed by atoms with Gasteiger partial charge in [0.15, 0.2) is 0 Å². The molecule has 2 aromatic rings. The van der Waals surface area contributed by atoms with Crippen LogP contribution >= 0.6 is 0 Å². The van der Waals surface area contributed by atoms with Crippen molar-refractivity contribution in [2.45, 2.75) is 52.5 Å². The Balaban J connectivity index is 1.93. The zero-order valence-electron chi connectivity index (χ0n) is 14.8. The Bertz CT molecular complexity index is 736. The Kier molecular flexibility index (Phi) is 5.39. The van der Waals surface area contributed by atoms with Crippen LogP contribution in [0, 0.1) is 12.8 Å². The minimum atomic E-state index is -0.275. The average Bonchev–Trinajstić information content (AvgIpc) is 2.91. The van der Waals surface area contributed by atoms with Gasteiger partial charge in [-0.05, 0) is 56.9 Å². The van der Waals surface area contributed by atoms with E-state index in [2.05, 4.69) is 35.8 Å². The Morgan fingerprint density at radius 2 is 2.04 bits per heavy atom. The minimum Gasteiger partial charge on any atom is -0.463 e. The van der Waals surface area contributed by atoms with Crippen LogP contribution in [0.25, 0.3) is 17.0 Å². The van der Waals surface area contributed by atoms with Crippen molar-refractivity contribution >= 4 is 22.9 Å². The Labute approximate surface area is 144 Å². The fraction of sp³-hybridized carbons (Fsp3) is 0.476. The van der Waals surface area contributed by atoms with Crippen molar-refractivity contribution < 1.29 is 9.53 Å². The van der Waals surface area contributed by atoms with E-state index in [9.17, 15) is 4.79 Å². The monoisotopic (exact) mass is 325 g/mol. The molecule has 0 radical (unpaired) electrons. The van der Waals surface area contributed by atoms with E-state index in [-0.39, 0.29) is 5.97 Å². The summed E-state index contributed by atoms with van der Waals surface area (Å²) in [4.78, 5) is 11.7. The first-order valence-electron chi connectivity index (χ1n) is 9.12. The Hall–Kier alpha value is -2.03. The van der Waals surface area contributed by atoms with Gasteiger partial charge in [-0.3, -0.25) is 0 Å². The maximum absolute atomic E-state index is 11.7. The third-order valence-corrected chi connectivity index (χ3v) is 4.93. The molecule has 0 bridgehead atoms. The van der Waals surface area contributed by atoms with Crippen molar-refractivity contribution in [1.82, 2.24) is 4.57 Å². The maximum atomic E-state index is 11.7. The zero-order valence-corrected chi connectivity index (χ0v) is 14.8. The van der Waals surface area contributed by atoms with Gasteiger partial charge < -0.3 is 9.30 Å². The molecule has 1 aromatic carbocycles. The molecular formula is C21H27NO2. The summed E-state index contributed by atoms with van der Waals surface area (Å²) in [7, 11) is 0. The first-order chi connectivity index (χ1) is 11.7. The SMILES string of the molecule is CCOC(=O)/C=C/c1cc2cc(C)ccc2n1CC1CCCCC1.